The highest BCUT2D eigenvalue weighted by atomic mass is 15.2. The molecular formula is C63H49N5. The first-order valence-corrected chi connectivity index (χ1v) is 24.4. The van der Waals surface area contributed by atoms with E-state index in [1.54, 1.807) is 0 Å². The molecule has 0 radical (unpaired) electrons. The predicted molar refractivity (Wildman–Crippen MR) is 283 cm³/mol. The summed E-state index contributed by atoms with van der Waals surface area (Å²) in [6, 6.07) is 49.0. The molecule has 3 unspecified atom stereocenters. The van der Waals surface area contributed by atoms with Crippen molar-refractivity contribution < 1.29 is 0 Å². The van der Waals surface area contributed by atoms with Gasteiger partial charge in [-0.1, -0.05) is 164 Å². The Morgan fingerprint density at radius 1 is 0.647 bits per heavy atom. The van der Waals surface area contributed by atoms with Crippen molar-refractivity contribution in [1.29, 1.82) is 0 Å². The van der Waals surface area contributed by atoms with Crippen LogP contribution in [-0.4, -0.2) is 20.8 Å². The summed E-state index contributed by atoms with van der Waals surface area (Å²) in [4.78, 5) is 10.9. The Hall–Kier alpha value is -8.02. The van der Waals surface area contributed by atoms with E-state index < -0.39 is 0 Å². The Kier molecular flexibility index (Phi) is 9.11. The summed E-state index contributed by atoms with van der Waals surface area (Å²) in [6.45, 7) is 0. The third-order valence-corrected chi connectivity index (χ3v) is 15.1. The highest BCUT2D eigenvalue weighted by Gasteiger charge is 2.32. The molecule has 0 saturated heterocycles. The SMILES string of the molecule is C1=CCCC(c2cccc(C3N=C(C4C=c5c(-n6c7c(c8c6=CC6=CC=CCC6C=8n6c8ccccc8c8cc9ccccc9cc86)C=CCC7)cccc5=CC4)N=C(c4ccccc4)N3)c2)=C1. The van der Waals surface area contributed by atoms with Crippen LogP contribution in [0.2, 0.25) is 0 Å². The van der Waals surface area contributed by atoms with E-state index in [4.69, 9.17) is 9.98 Å². The Balaban J connectivity index is 0.988. The van der Waals surface area contributed by atoms with Crippen LogP contribution < -0.4 is 26.3 Å². The van der Waals surface area contributed by atoms with Gasteiger partial charge in [-0.3, -0.25) is 0 Å². The Labute approximate surface area is 395 Å². The van der Waals surface area contributed by atoms with E-state index in [1.807, 2.05) is 0 Å². The molecule has 1 aliphatic heterocycles. The average Bonchev–Trinajstić information content (AvgIpc) is 3.91. The maximum Gasteiger partial charge on any atom is 0.147 e. The summed E-state index contributed by atoms with van der Waals surface area (Å²) >= 11 is 0. The van der Waals surface area contributed by atoms with E-state index in [1.165, 1.54) is 92.9 Å². The van der Waals surface area contributed by atoms with Gasteiger partial charge in [-0.15, -0.1) is 0 Å². The number of aromatic nitrogens is 2. The zero-order valence-corrected chi connectivity index (χ0v) is 37.8. The smallest absolute Gasteiger partial charge is 0.147 e. The molecule has 2 aromatic heterocycles. The highest BCUT2D eigenvalue weighted by molar-refractivity contribution is 6.14. The molecule has 0 fully saturated rings. The number of nitrogens with zero attached hydrogens (tertiary/aromatic N) is 4. The Morgan fingerprint density at radius 3 is 2.38 bits per heavy atom. The molecule has 0 amide bonds. The van der Waals surface area contributed by atoms with Crippen molar-refractivity contribution in [3.8, 4) is 5.69 Å². The number of aliphatic imine (C=N–C) groups is 2. The lowest BCUT2D eigenvalue weighted by atomic mass is 9.83. The number of hydrogen-bond acceptors (Lipinski definition) is 3. The van der Waals surface area contributed by atoms with Crippen LogP contribution in [0.25, 0.3) is 73.8 Å². The van der Waals surface area contributed by atoms with Crippen LogP contribution in [0.15, 0.2) is 192 Å². The normalized spacial score (nSPS) is 20.2. The van der Waals surface area contributed by atoms with Crippen LogP contribution in [0.3, 0.4) is 0 Å². The molecule has 6 aromatic carbocycles. The first-order valence-electron chi connectivity index (χ1n) is 24.4. The number of benzene rings is 6. The van der Waals surface area contributed by atoms with Gasteiger partial charge in [-0.2, -0.15) is 0 Å². The summed E-state index contributed by atoms with van der Waals surface area (Å²) in [7, 11) is 0. The van der Waals surface area contributed by atoms with Gasteiger partial charge in [0.15, 0.2) is 0 Å². The van der Waals surface area contributed by atoms with Gasteiger partial charge in [0, 0.05) is 55.6 Å². The van der Waals surface area contributed by atoms with Crippen LogP contribution in [0, 0.1) is 11.8 Å². The minimum atomic E-state index is -0.272. The molecule has 5 heteroatoms. The number of allylic oxidation sites excluding steroid dienone is 9. The van der Waals surface area contributed by atoms with Crippen LogP contribution in [-0.2, 0) is 6.42 Å². The molecule has 8 aromatic rings. The standard InChI is InChI=1S/C63H49N5/c1-3-17-40(18-4-1)43-25-15-26-47(35-43)62-64-61(42-19-5-2-6-20-42)65-63(66-62)48-34-33-41-24-16-32-56(52(41)37-48)67-55-31-14-12-29-51(55)59-58(67)39-46-23-9-10-27-49(46)60(59)68-54-30-13-11-28-50(54)53-36-44-21-7-8-22-45(44)38-57(53)68/h1-3,5-13,15-17,19-26,28-30,32-33,35-39,48-49,62H,4,14,18,27,31,34H2,(H,64,65,66). The highest BCUT2D eigenvalue weighted by Crippen LogP contribution is 2.41. The van der Waals surface area contributed by atoms with Crippen molar-refractivity contribution in [2.75, 3.05) is 0 Å². The van der Waals surface area contributed by atoms with Gasteiger partial charge in [0.2, 0.25) is 0 Å². The van der Waals surface area contributed by atoms with Crippen molar-refractivity contribution in [3.63, 3.8) is 0 Å². The fourth-order valence-corrected chi connectivity index (χ4v) is 11.9. The summed E-state index contributed by atoms with van der Waals surface area (Å²) in [5.74, 6) is 1.91. The lowest BCUT2D eigenvalue weighted by Gasteiger charge is -2.28. The van der Waals surface area contributed by atoms with Gasteiger partial charge in [0.1, 0.15) is 17.8 Å². The maximum absolute atomic E-state index is 5.49. The molecule has 0 spiro atoms. The first-order chi connectivity index (χ1) is 33.7. The molecule has 6 aliphatic rings. The minimum Gasteiger partial charge on any atom is -0.344 e. The fourth-order valence-electron chi connectivity index (χ4n) is 11.9. The first kappa shape index (κ1) is 39.2. The number of hydrogen-bond donors (Lipinski definition) is 1. The second-order valence-corrected chi connectivity index (χ2v) is 19.0. The van der Waals surface area contributed by atoms with Crippen molar-refractivity contribution in [2.45, 2.75) is 44.7 Å². The summed E-state index contributed by atoms with van der Waals surface area (Å²) < 4.78 is 5.27. The lowest BCUT2D eigenvalue weighted by molar-refractivity contribution is 0.662. The van der Waals surface area contributed by atoms with E-state index in [-0.39, 0.29) is 18.0 Å². The zero-order chi connectivity index (χ0) is 44.7. The fraction of sp³-hybridized carbons (Fsp3) is 0.143. The quantitative estimate of drug-likeness (QED) is 0.178. The van der Waals surface area contributed by atoms with Crippen molar-refractivity contribution in [1.82, 2.24) is 14.5 Å². The molecular weight excluding hydrogens is 827 g/mol. The monoisotopic (exact) mass is 875 g/mol. The van der Waals surface area contributed by atoms with Crippen LogP contribution in [0.4, 0.5) is 0 Å². The number of fused-ring (bicyclic) bond motifs is 9. The second-order valence-electron chi connectivity index (χ2n) is 19.0. The predicted octanol–water partition coefficient (Wildman–Crippen LogP) is 11.1. The van der Waals surface area contributed by atoms with Gasteiger partial charge in [0.05, 0.1) is 22.1 Å². The number of nitrogens with one attached hydrogen (secondary N) is 1. The maximum atomic E-state index is 5.49. The van der Waals surface area contributed by atoms with Crippen LogP contribution >= 0.6 is 0 Å². The second kappa shape index (κ2) is 15.8. The molecule has 14 rings (SSSR count). The molecule has 68 heavy (non-hydrogen) atoms. The van der Waals surface area contributed by atoms with E-state index >= 15 is 0 Å². The lowest BCUT2D eigenvalue weighted by Crippen LogP contribution is -2.42. The summed E-state index contributed by atoms with van der Waals surface area (Å²) in [5, 5.41) is 14.0. The largest absolute Gasteiger partial charge is 0.344 e. The zero-order valence-electron chi connectivity index (χ0n) is 37.8. The number of rotatable bonds is 6. The molecule has 3 atom stereocenters. The van der Waals surface area contributed by atoms with Gasteiger partial charge in [-0.05, 0) is 113 Å². The Morgan fingerprint density at radius 2 is 1.47 bits per heavy atom. The van der Waals surface area contributed by atoms with Gasteiger partial charge in [0.25, 0.3) is 0 Å². The average molecular weight is 876 g/mol. The van der Waals surface area contributed by atoms with Gasteiger partial charge in [-0.25, -0.2) is 9.98 Å². The molecule has 0 saturated carbocycles. The van der Waals surface area contributed by atoms with Crippen LogP contribution in [0.5, 0.6) is 0 Å². The van der Waals surface area contributed by atoms with E-state index in [0.29, 0.717) is 0 Å². The third-order valence-electron chi connectivity index (χ3n) is 15.1. The van der Waals surface area contributed by atoms with Gasteiger partial charge < -0.3 is 14.5 Å². The molecule has 5 nitrogen and oxygen atoms in total. The minimum absolute atomic E-state index is 0.0162. The van der Waals surface area contributed by atoms with Crippen molar-refractivity contribution >= 4 is 79.8 Å². The number of amidine groups is 2. The topological polar surface area (TPSA) is 46.6 Å². The van der Waals surface area contributed by atoms with E-state index in [9.17, 15) is 0 Å². The van der Waals surface area contributed by atoms with Gasteiger partial charge >= 0.3 is 0 Å². The summed E-state index contributed by atoms with van der Waals surface area (Å²) in [6.07, 6.45) is 31.5. The third kappa shape index (κ3) is 6.29. The molecule has 326 valence electrons. The number of para-hydroxylation sites is 1. The van der Waals surface area contributed by atoms with Crippen molar-refractivity contribution in [3.05, 3.63) is 231 Å². The Bertz CT molecular complexity index is 3950. The van der Waals surface area contributed by atoms with E-state index in [0.717, 1.165) is 61.3 Å². The van der Waals surface area contributed by atoms with Crippen LogP contribution in [0.1, 0.15) is 66.2 Å². The van der Waals surface area contributed by atoms with E-state index in [2.05, 4.69) is 215 Å². The molecule has 5 aliphatic carbocycles. The molecule has 3 heterocycles. The van der Waals surface area contributed by atoms with Crippen molar-refractivity contribution in [2.24, 2.45) is 21.8 Å². The summed E-state index contributed by atoms with van der Waals surface area (Å²) in [5.41, 5.74) is 14.0. The molecule has 0 bridgehead atoms. The molecule has 1 N–H and O–H groups in total.